The number of nitro benzene ring substituents is 1. The molecule has 0 heterocycles. The predicted molar refractivity (Wildman–Crippen MR) is 113 cm³/mol. The number of nitro groups is 1. The van der Waals surface area contributed by atoms with Crippen LogP contribution >= 0.6 is 0 Å². The molecule has 2 aromatic rings. The maximum Gasteiger partial charge on any atom is 0.306 e. The Kier molecular flexibility index (Phi) is 8.38. The van der Waals surface area contributed by atoms with Crippen LogP contribution in [0.25, 0.3) is 0 Å². The van der Waals surface area contributed by atoms with E-state index in [-0.39, 0.29) is 35.7 Å². The normalized spacial score (nSPS) is 11.2. The van der Waals surface area contributed by atoms with Gasteiger partial charge in [-0.25, -0.2) is 17.1 Å². The number of amides is 1. The zero-order chi connectivity index (χ0) is 23.9. The van der Waals surface area contributed by atoms with Gasteiger partial charge in [-0.15, -0.1) is 0 Å². The summed E-state index contributed by atoms with van der Waals surface area (Å²) in [6, 6.07) is 8.55. The number of carbonyl (C=O) groups is 2. The summed E-state index contributed by atoms with van der Waals surface area (Å²) in [6.45, 7) is 0.978. The first-order valence-corrected chi connectivity index (χ1v) is 10.9. The minimum absolute atomic E-state index is 0.00798. The Morgan fingerprint density at radius 1 is 1.19 bits per heavy atom. The number of nitrogens with zero attached hydrogens (tertiary/aromatic N) is 2. The molecule has 0 aromatic heterocycles. The van der Waals surface area contributed by atoms with Gasteiger partial charge in [-0.2, -0.15) is 0 Å². The number of esters is 1. The summed E-state index contributed by atoms with van der Waals surface area (Å²) in [4.78, 5) is 34.0. The van der Waals surface area contributed by atoms with Crippen LogP contribution in [0.15, 0.2) is 47.4 Å². The lowest BCUT2D eigenvalue weighted by atomic mass is 10.2. The van der Waals surface area contributed by atoms with Gasteiger partial charge in [-0.1, -0.05) is 6.07 Å². The van der Waals surface area contributed by atoms with Crippen LogP contribution in [0.3, 0.4) is 0 Å². The molecule has 0 atom stereocenters. The highest BCUT2D eigenvalue weighted by Crippen LogP contribution is 2.22. The molecular formula is C20H22FN3O7S. The van der Waals surface area contributed by atoms with Crippen molar-refractivity contribution >= 4 is 33.3 Å². The third-order valence-corrected chi connectivity index (χ3v) is 6.30. The predicted octanol–water partition coefficient (Wildman–Crippen LogP) is 2.62. The van der Waals surface area contributed by atoms with Gasteiger partial charge >= 0.3 is 5.97 Å². The number of nitrogens with one attached hydrogen (secondary N) is 1. The highest BCUT2D eigenvalue weighted by atomic mass is 32.2. The molecule has 0 aliphatic rings. The minimum Gasteiger partial charge on any atom is -0.456 e. The first-order chi connectivity index (χ1) is 15.0. The Labute approximate surface area is 184 Å². The molecule has 32 heavy (non-hydrogen) atoms. The molecule has 0 bridgehead atoms. The Bertz CT molecular complexity index is 1100. The number of benzene rings is 2. The summed E-state index contributed by atoms with van der Waals surface area (Å²) in [5.41, 5.74) is 0.473. The van der Waals surface area contributed by atoms with Crippen molar-refractivity contribution in [2.75, 3.05) is 25.5 Å². The van der Waals surface area contributed by atoms with E-state index >= 15 is 0 Å². The van der Waals surface area contributed by atoms with Crippen molar-refractivity contribution in [3.05, 3.63) is 64.0 Å². The largest absolute Gasteiger partial charge is 0.456 e. The average molecular weight is 467 g/mol. The van der Waals surface area contributed by atoms with E-state index in [0.717, 1.165) is 28.6 Å². The summed E-state index contributed by atoms with van der Waals surface area (Å²) in [7, 11) is -2.49. The van der Waals surface area contributed by atoms with Crippen molar-refractivity contribution in [2.45, 2.75) is 24.7 Å². The number of rotatable bonds is 10. The van der Waals surface area contributed by atoms with Crippen molar-refractivity contribution in [3.63, 3.8) is 0 Å². The Morgan fingerprint density at radius 2 is 1.84 bits per heavy atom. The molecule has 1 N–H and O–H groups in total. The molecular weight excluding hydrogens is 445 g/mol. The monoisotopic (exact) mass is 467 g/mol. The van der Waals surface area contributed by atoms with E-state index in [2.05, 4.69) is 5.32 Å². The van der Waals surface area contributed by atoms with Crippen molar-refractivity contribution < 1.29 is 32.1 Å². The van der Waals surface area contributed by atoms with Gasteiger partial charge in [0, 0.05) is 37.3 Å². The van der Waals surface area contributed by atoms with E-state index in [9.17, 15) is 32.5 Å². The fourth-order valence-electron chi connectivity index (χ4n) is 2.65. The molecule has 10 nitrogen and oxygen atoms in total. The van der Waals surface area contributed by atoms with Crippen LogP contribution in [0.2, 0.25) is 0 Å². The van der Waals surface area contributed by atoms with Crippen molar-refractivity contribution in [2.24, 2.45) is 0 Å². The van der Waals surface area contributed by atoms with E-state index in [0.29, 0.717) is 5.56 Å². The zero-order valence-electron chi connectivity index (χ0n) is 17.4. The molecule has 0 unspecified atom stereocenters. The summed E-state index contributed by atoms with van der Waals surface area (Å²) in [5, 5.41) is 13.3. The summed E-state index contributed by atoms with van der Waals surface area (Å²) >= 11 is 0. The Balaban J connectivity index is 1.77. The summed E-state index contributed by atoms with van der Waals surface area (Å²) < 4.78 is 43.6. The van der Waals surface area contributed by atoms with E-state index in [4.69, 9.17) is 4.74 Å². The number of hydrogen-bond donors (Lipinski definition) is 1. The van der Waals surface area contributed by atoms with E-state index in [1.54, 1.807) is 6.92 Å². The number of anilines is 1. The second-order valence-corrected chi connectivity index (χ2v) is 8.90. The van der Waals surface area contributed by atoms with Crippen LogP contribution in [0, 0.1) is 22.9 Å². The van der Waals surface area contributed by atoms with Crippen LogP contribution in [0.5, 0.6) is 0 Å². The molecule has 2 aromatic carbocycles. The maximum atomic E-state index is 13.0. The fraction of sp³-hybridized carbons (Fsp3) is 0.300. The second kappa shape index (κ2) is 10.8. The summed E-state index contributed by atoms with van der Waals surface area (Å²) in [5.74, 6) is -1.94. The van der Waals surface area contributed by atoms with Crippen LogP contribution in [-0.4, -0.2) is 49.7 Å². The molecule has 0 saturated carbocycles. The van der Waals surface area contributed by atoms with Gasteiger partial charge in [0.15, 0.2) is 6.61 Å². The molecule has 0 saturated heterocycles. The lowest BCUT2D eigenvalue weighted by Crippen LogP contribution is -2.28. The highest BCUT2D eigenvalue weighted by molar-refractivity contribution is 7.89. The van der Waals surface area contributed by atoms with Gasteiger partial charge in [0.2, 0.25) is 10.0 Å². The van der Waals surface area contributed by atoms with Gasteiger partial charge in [0.05, 0.1) is 9.82 Å². The topological polar surface area (TPSA) is 136 Å². The molecule has 0 radical (unpaired) electrons. The van der Waals surface area contributed by atoms with Crippen molar-refractivity contribution in [1.82, 2.24) is 4.31 Å². The van der Waals surface area contributed by atoms with Gasteiger partial charge in [0.25, 0.3) is 11.6 Å². The quantitative estimate of drug-likeness (QED) is 0.322. The Morgan fingerprint density at radius 3 is 2.47 bits per heavy atom. The molecule has 0 fully saturated rings. The SMILES string of the molecule is Cc1ccc(NC(=O)COC(=O)CCCN(C)S(=O)(=O)c2ccc(F)cc2)cc1[N+](=O)[O-]. The average Bonchev–Trinajstić information content (AvgIpc) is 2.73. The number of halogens is 1. The third-order valence-electron chi connectivity index (χ3n) is 4.43. The van der Waals surface area contributed by atoms with Gasteiger partial charge < -0.3 is 10.1 Å². The van der Waals surface area contributed by atoms with E-state index in [1.165, 1.54) is 25.2 Å². The number of aryl methyl sites for hydroxylation is 1. The standard InChI is InChI=1S/C20H22FN3O7S/c1-14-5-8-16(12-18(14)24(27)28)22-19(25)13-31-20(26)4-3-11-23(2)32(29,30)17-9-6-15(21)7-10-17/h5-10,12H,3-4,11,13H2,1-2H3,(H,22,25). The highest BCUT2D eigenvalue weighted by Gasteiger charge is 2.21. The van der Waals surface area contributed by atoms with Gasteiger partial charge in [-0.3, -0.25) is 19.7 Å². The third kappa shape index (κ3) is 6.82. The molecule has 172 valence electrons. The maximum absolute atomic E-state index is 13.0. The Hall–Kier alpha value is -3.38. The number of sulfonamides is 1. The molecule has 12 heteroatoms. The zero-order valence-corrected chi connectivity index (χ0v) is 18.2. The van der Waals surface area contributed by atoms with Crippen LogP contribution in [0.1, 0.15) is 18.4 Å². The van der Waals surface area contributed by atoms with Crippen LogP contribution in [-0.2, 0) is 24.3 Å². The lowest BCUT2D eigenvalue weighted by Gasteiger charge is -2.17. The first kappa shape index (κ1) is 24.9. The number of ether oxygens (including phenoxy) is 1. The number of carbonyl (C=O) groups excluding carboxylic acids is 2. The molecule has 0 aliphatic heterocycles. The molecule has 1 amide bonds. The van der Waals surface area contributed by atoms with Crippen molar-refractivity contribution in [3.8, 4) is 0 Å². The fourth-order valence-corrected chi connectivity index (χ4v) is 3.86. The smallest absolute Gasteiger partial charge is 0.306 e. The summed E-state index contributed by atoms with van der Waals surface area (Å²) in [6.07, 6.45) is 0.00803. The van der Waals surface area contributed by atoms with Crippen molar-refractivity contribution in [1.29, 1.82) is 0 Å². The van der Waals surface area contributed by atoms with E-state index in [1.807, 2.05) is 0 Å². The van der Waals surface area contributed by atoms with Gasteiger partial charge in [0.1, 0.15) is 5.82 Å². The lowest BCUT2D eigenvalue weighted by molar-refractivity contribution is -0.385. The second-order valence-electron chi connectivity index (χ2n) is 6.85. The molecule has 2 rings (SSSR count). The van der Waals surface area contributed by atoms with Crippen LogP contribution < -0.4 is 5.32 Å². The minimum atomic E-state index is -3.82. The van der Waals surface area contributed by atoms with Crippen LogP contribution in [0.4, 0.5) is 15.8 Å². The molecule has 0 spiro atoms. The molecule has 0 aliphatic carbocycles. The van der Waals surface area contributed by atoms with E-state index < -0.39 is 39.2 Å². The first-order valence-electron chi connectivity index (χ1n) is 9.43. The van der Waals surface area contributed by atoms with Gasteiger partial charge in [-0.05, 0) is 43.7 Å². The number of hydrogen-bond acceptors (Lipinski definition) is 7.